The van der Waals surface area contributed by atoms with Crippen LogP contribution in [0.1, 0.15) is 5.56 Å². The smallest absolute Gasteiger partial charge is 0.327 e. The summed E-state index contributed by atoms with van der Waals surface area (Å²) in [5.74, 6) is -0.954. The van der Waals surface area contributed by atoms with Crippen molar-refractivity contribution in [2.24, 2.45) is 0 Å². The van der Waals surface area contributed by atoms with Gasteiger partial charge in [-0.1, -0.05) is 35.3 Å². The van der Waals surface area contributed by atoms with Gasteiger partial charge in [0.1, 0.15) is 0 Å². The first-order valence-electron chi connectivity index (χ1n) is 3.93. The molecule has 1 aromatic rings. The van der Waals surface area contributed by atoms with Crippen LogP contribution in [0.15, 0.2) is 30.4 Å². The van der Waals surface area contributed by atoms with Crippen LogP contribution in [0.2, 0.25) is 10.0 Å². The number of allylic oxidation sites excluding steroid dienone is 1. The third kappa shape index (κ3) is 3.40. The molecule has 1 aromatic carbocycles. The van der Waals surface area contributed by atoms with E-state index in [1.165, 1.54) is 0 Å². The molecule has 2 nitrogen and oxygen atoms in total. The average molecular weight is 231 g/mol. The normalized spacial score (nSPS) is 10.7. The molecule has 74 valence electrons. The van der Waals surface area contributed by atoms with Gasteiger partial charge in [-0.2, -0.15) is 0 Å². The number of benzene rings is 1. The van der Waals surface area contributed by atoms with Crippen molar-refractivity contribution >= 4 is 29.2 Å². The van der Waals surface area contributed by atoms with Gasteiger partial charge in [0.25, 0.3) is 0 Å². The molecule has 0 radical (unpaired) electrons. The molecule has 0 unspecified atom stereocenters. The Kier molecular flexibility index (Phi) is 3.98. The van der Waals surface area contributed by atoms with Gasteiger partial charge in [0.15, 0.2) is 0 Å². The van der Waals surface area contributed by atoms with Gasteiger partial charge in [0.05, 0.1) is 10.0 Å². The summed E-state index contributed by atoms with van der Waals surface area (Å²) in [5.41, 5.74) is 0.928. The Labute approximate surface area is 91.8 Å². The molecular weight excluding hydrogens is 223 g/mol. The Balaban J connectivity index is 2.69. The SMILES string of the molecule is O=C(O)C=CCc1ccc(Cl)c(Cl)c1. The van der Waals surface area contributed by atoms with Crippen LogP contribution in [0.25, 0.3) is 0 Å². The van der Waals surface area contributed by atoms with Gasteiger partial charge in [0.2, 0.25) is 0 Å². The molecule has 0 bridgehead atoms. The fraction of sp³-hybridized carbons (Fsp3) is 0.100. The standard InChI is InChI=1S/C10H8Cl2O2/c11-8-5-4-7(6-9(8)12)2-1-3-10(13)14/h1,3-6H,2H2,(H,13,14). The van der Waals surface area contributed by atoms with E-state index in [0.717, 1.165) is 11.6 Å². The average Bonchev–Trinajstić information content (AvgIpc) is 2.10. The lowest BCUT2D eigenvalue weighted by Gasteiger charge is -1.98. The summed E-state index contributed by atoms with van der Waals surface area (Å²) in [7, 11) is 0. The summed E-state index contributed by atoms with van der Waals surface area (Å²) in [4.78, 5) is 10.2. The largest absolute Gasteiger partial charge is 0.478 e. The first-order valence-corrected chi connectivity index (χ1v) is 4.68. The van der Waals surface area contributed by atoms with E-state index in [-0.39, 0.29) is 0 Å². The quantitative estimate of drug-likeness (QED) is 0.811. The van der Waals surface area contributed by atoms with Crippen molar-refractivity contribution in [1.82, 2.24) is 0 Å². The highest BCUT2D eigenvalue weighted by Crippen LogP contribution is 2.22. The number of carboxylic acid groups (broad SMARTS) is 1. The summed E-state index contributed by atoms with van der Waals surface area (Å²) in [6.45, 7) is 0. The number of halogens is 2. The number of carboxylic acids is 1. The molecular formula is C10H8Cl2O2. The molecule has 0 saturated carbocycles. The van der Waals surface area contributed by atoms with Crippen molar-refractivity contribution < 1.29 is 9.90 Å². The van der Waals surface area contributed by atoms with Gasteiger partial charge in [-0.3, -0.25) is 0 Å². The Hall–Kier alpha value is -0.990. The van der Waals surface area contributed by atoms with Crippen LogP contribution in [-0.4, -0.2) is 11.1 Å². The fourth-order valence-electron chi connectivity index (χ4n) is 0.962. The molecule has 0 heterocycles. The zero-order valence-corrected chi connectivity index (χ0v) is 8.72. The monoisotopic (exact) mass is 230 g/mol. The number of rotatable bonds is 3. The van der Waals surface area contributed by atoms with E-state index in [1.54, 1.807) is 24.3 Å². The molecule has 1 N–H and O–H groups in total. The van der Waals surface area contributed by atoms with Crippen molar-refractivity contribution in [3.63, 3.8) is 0 Å². The molecule has 0 fully saturated rings. The predicted octanol–water partition coefficient (Wildman–Crippen LogP) is 3.18. The summed E-state index contributed by atoms with van der Waals surface area (Å²) < 4.78 is 0. The maximum absolute atomic E-state index is 10.2. The second-order valence-electron chi connectivity index (χ2n) is 2.69. The van der Waals surface area contributed by atoms with E-state index in [4.69, 9.17) is 28.3 Å². The van der Waals surface area contributed by atoms with Crippen LogP contribution >= 0.6 is 23.2 Å². The Morgan fingerprint density at radius 3 is 2.64 bits per heavy atom. The molecule has 0 spiro atoms. The minimum Gasteiger partial charge on any atom is -0.478 e. The molecule has 4 heteroatoms. The molecule has 0 atom stereocenters. The fourth-order valence-corrected chi connectivity index (χ4v) is 1.28. The molecule has 14 heavy (non-hydrogen) atoms. The van der Waals surface area contributed by atoms with Gasteiger partial charge in [-0.25, -0.2) is 4.79 Å². The van der Waals surface area contributed by atoms with E-state index in [9.17, 15) is 4.79 Å². The summed E-state index contributed by atoms with van der Waals surface area (Å²) in [5, 5.41) is 9.33. The molecule has 1 rings (SSSR count). The Morgan fingerprint density at radius 1 is 1.36 bits per heavy atom. The van der Waals surface area contributed by atoms with Crippen LogP contribution in [0.5, 0.6) is 0 Å². The van der Waals surface area contributed by atoms with Crippen molar-refractivity contribution in [3.8, 4) is 0 Å². The van der Waals surface area contributed by atoms with Crippen LogP contribution in [0.3, 0.4) is 0 Å². The van der Waals surface area contributed by atoms with Gasteiger partial charge >= 0.3 is 5.97 Å². The molecule has 0 amide bonds. The lowest BCUT2D eigenvalue weighted by Crippen LogP contribution is -1.87. The highest BCUT2D eigenvalue weighted by Gasteiger charge is 1.97. The first kappa shape index (κ1) is 11.1. The molecule has 0 aromatic heterocycles. The van der Waals surface area contributed by atoms with Crippen LogP contribution in [-0.2, 0) is 11.2 Å². The highest BCUT2D eigenvalue weighted by atomic mass is 35.5. The molecule has 0 aliphatic carbocycles. The second-order valence-corrected chi connectivity index (χ2v) is 3.51. The maximum atomic E-state index is 10.2. The Morgan fingerprint density at radius 2 is 2.07 bits per heavy atom. The highest BCUT2D eigenvalue weighted by molar-refractivity contribution is 6.42. The summed E-state index contributed by atoms with van der Waals surface area (Å²) in [6, 6.07) is 5.21. The first-order chi connectivity index (χ1) is 6.59. The predicted molar refractivity (Wildman–Crippen MR) is 56.9 cm³/mol. The van der Waals surface area contributed by atoms with Gasteiger partial charge in [0, 0.05) is 6.08 Å². The minimum absolute atomic E-state index is 0.480. The van der Waals surface area contributed by atoms with Gasteiger partial charge in [-0.15, -0.1) is 0 Å². The van der Waals surface area contributed by atoms with Crippen LogP contribution < -0.4 is 0 Å². The van der Waals surface area contributed by atoms with E-state index in [2.05, 4.69) is 0 Å². The molecule has 0 aliphatic rings. The topological polar surface area (TPSA) is 37.3 Å². The number of aliphatic carboxylic acids is 1. The molecule has 0 saturated heterocycles. The lowest BCUT2D eigenvalue weighted by molar-refractivity contribution is -0.131. The number of hydrogen-bond donors (Lipinski definition) is 1. The van der Waals surface area contributed by atoms with Crippen molar-refractivity contribution in [1.29, 1.82) is 0 Å². The van der Waals surface area contributed by atoms with Crippen LogP contribution in [0.4, 0.5) is 0 Å². The number of carbonyl (C=O) groups is 1. The number of hydrogen-bond acceptors (Lipinski definition) is 1. The minimum atomic E-state index is -0.954. The van der Waals surface area contributed by atoms with Crippen molar-refractivity contribution in [2.75, 3.05) is 0 Å². The van der Waals surface area contributed by atoms with Crippen molar-refractivity contribution in [3.05, 3.63) is 46.0 Å². The summed E-state index contributed by atoms with van der Waals surface area (Å²) >= 11 is 11.5. The van der Waals surface area contributed by atoms with E-state index in [0.29, 0.717) is 16.5 Å². The van der Waals surface area contributed by atoms with E-state index >= 15 is 0 Å². The maximum Gasteiger partial charge on any atom is 0.327 e. The van der Waals surface area contributed by atoms with E-state index < -0.39 is 5.97 Å². The molecule has 0 aliphatic heterocycles. The lowest BCUT2D eigenvalue weighted by atomic mass is 10.1. The van der Waals surface area contributed by atoms with Crippen LogP contribution in [0, 0.1) is 0 Å². The van der Waals surface area contributed by atoms with Gasteiger partial charge in [-0.05, 0) is 24.1 Å². The zero-order chi connectivity index (χ0) is 10.6. The van der Waals surface area contributed by atoms with Crippen molar-refractivity contribution in [2.45, 2.75) is 6.42 Å². The third-order valence-electron chi connectivity index (χ3n) is 1.60. The summed E-state index contributed by atoms with van der Waals surface area (Å²) in [6.07, 6.45) is 3.19. The zero-order valence-electron chi connectivity index (χ0n) is 7.21. The van der Waals surface area contributed by atoms with E-state index in [1.807, 2.05) is 0 Å². The van der Waals surface area contributed by atoms with Gasteiger partial charge < -0.3 is 5.11 Å². The Bertz CT molecular complexity index is 372. The second kappa shape index (κ2) is 5.03. The third-order valence-corrected chi connectivity index (χ3v) is 2.34.